The van der Waals surface area contributed by atoms with Crippen molar-refractivity contribution < 1.29 is 120 Å². The maximum absolute atomic E-state index is 14.8. The fourth-order valence-corrected chi connectivity index (χ4v) is 17.5. The van der Waals surface area contributed by atoms with Gasteiger partial charge in [0.1, 0.15) is 59.7 Å². The van der Waals surface area contributed by atoms with Crippen LogP contribution in [0.5, 0.6) is 0 Å². The number of carbonyl (C=O) groups excluding carboxylic acids is 7. The Labute approximate surface area is 774 Å². The summed E-state index contributed by atoms with van der Waals surface area (Å²) in [6.45, 7) is 22.1. The van der Waals surface area contributed by atoms with Crippen LogP contribution in [-0.4, -0.2) is 319 Å². The minimum atomic E-state index is -2.48. The summed E-state index contributed by atoms with van der Waals surface area (Å²) in [6, 6.07) is 9.14. The number of nitrogens with zero attached hydrogens (tertiary/aromatic N) is 7. The van der Waals surface area contributed by atoms with Gasteiger partial charge in [-0.25, -0.2) is 29.2 Å². The average Bonchev–Trinajstić information content (AvgIpc) is 1.63. The second-order valence-electron chi connectivity index (χ2n) is 35.0. The Kier molecular flexibility index (Phi) is 44.2. The topological polar surface area (TPSA) is 424 Å². The molecule has 730 valence electrons. The number of piperidine rings is 1. The van der Waals surface area contributed by atoms with E-state index >= 15 is 0 Å². The van der Waals surface area contributed by atoms with Crippen LogP contribution in [0.4, 0.5) is 10.6 Å². The lowest BCUT2D eigenvalue weighted by Gasteiger charge is -2.42. The number of cyclic esters (lactones) is 1. The molecule has 1 aromatic carbocycles. The zero-order valence-electron chi connectivity index (χ0n) is 78.7. The van der Waals surface area contributed by atoms with Crippen LogP contribution in [0.2, 0.25) is 0 Å². The van der Waals surface area contributed by atoms with Gasteiger partial charge in [0.15, 0.2) is 11.4 Å². The fraction of sp³-hybridized carbons (Fsp3) is 0.660. The molecular formula is C97H142N10O25. The number of fused-ring (bicyclic) bond motifs is 6. The minimum absolute atomic E-state index is 0.0188. The first-order valence-corrected chi connectivity index (χ1v) is 46.9. The predicted molar refractivity (Wildman–Crippen MR) is 490 cm³/mol. The van der Waals surface area contributed by atoms with Crippen LogP contribution in [0, 0.1) is 35.5 Å². The van der Waals surface area contributed by atoms with Gasteiger partial charge in [0.25, 0.3) is 11.7 Å². The van der Waals surface area contributed by atoms with Crippen molar-refractivity contribution in [2.75, 3.05) is 179 Å². The first kappa shape index (κ1) is 105. The van der Waals surface area contributed by atoms with Gasteiger partial charge in [-0.15, -0.1) is 0 Å². The highest BCUT2D eigenvalue weighted by molar-refractivity contribution is 6.39. The molecule has 2 saturated heterocycles. The number of aliphatic hydroxyl groups is 2. The average molecular weight is 1850 g/mol. The van der Waals surface area contributed by atoms with E-state index in [9.17, 15) is 43.8 Å². The van der Waals surface area contributed by atoms with E-state index in [1.165, 1.54) is 23.9 Å². The Morgan fingerprint density at radius 1 is 0.689 bits per heavy atom. The van der Waals surface area contributed by atoms with E-state index in [1.54, 1.807) is 54.2 Å². The van der Waals surface area contributed by atoms with E-state index < -0.39 is 102 Å². The second kappa shape index (κ2) is 55.3. The summed E-state index contributed by atoms with van der Waals surface area (Å²) >= 11 is 0. The number of aromatic nitrogens is 6. The van der Waals surface area contributed by atoms with E-state index in [4.69, 9.17) is 86.6 Å². The van der Waals surface area contributed by atoms with Crippen molar-refractivity contribution in [3.05, 3.63) is 113 Å². The van der Waals surface area contributed by atoms with Gasteiger partial charge in [-0.3, -0.25) is 24.0 Å². The molecule has 2 bridgehead atoms. The van der Waals surface area contributed by atoms with Crippen molar-refractivity contribution in [3.63, 3.8) is 0 Å². The summed E-state index contributed by atoms with van der Waals surface area (Å²) in [7, 11) is 4.49. The smallest absolute Gasteiger partial charge is 0.407 e. The third-order valence-electron chi connectivity index (χ3n) is 25.2. The third-order valence-corrected chi connectivity index (χ3v) is 25.2. The highest BCUT2D eigenvalue weighted by Crippen LogP contribution is 2.40. The molecule has 35 heteroatoms. The molecule has 8 heterocycles. The van der Waals surface area contributed by atoms with Gasteiger partial charge < -0.3 is 112 Å². The molecule has 0 unspecified atom stereocenters. The Hall–Kier alpha value is -8.73. The molecule has 5 aromatic rings. The van der Waals surface area contributed by atoms with Gasteiger partial charge in [-0.05, 0) is 142 Å². The number of ketones is 3. The number of hydrogen-bond acceptors (Lipinski definition) is 30. The third kappa shape index (κ3) is 32.0. The van der Waals surface area contributed by atoms with Crippen LogP contribution >= 0.6 is 0 Å². The SMILES string of the molecule is CO[C@H]1C[C@@H]2CC[C@@H](C)[C@@](O)(O2)C(=O)C(=O)N2CCCC[C@H]2C(=O)O[C@H]([C@H](C)C[C@@H]2CC[C@@H](OC(=O)NCCOCCOCCOCCOCCOCCOCCOCCOCCOCCOCCC(=O)N3CCc4cc(Cn5nc(-c6cnc7[nH]ccc7c6)c6c(N)ncnc65)ccc4C3)[C@H](OC)C2)CC(=O)[C@H](C)/C=C(\C)[C@@H](O)[C@@H](OC)C(=O)[C@H](C)C[C@H](C)/C=C/C=C/C=C/1C. The summed E-state index contributed by atoms with van der Waals surface area (Å²) in [6.07, 6.45) is 15.5. The van der Waals surface area contributed by atoms with Crippen LogP contribution in [-0.2, 0) is 124 Å². The molecule has 3 amide bonds. The Bertz CT molecular complexity index is 4580. The van der Waals surface area contributed by atoms with E-state index in [-0.39, 0.29) is 68.3 Å². The highest BCUT2D eigenvalue weighted by atomic mass is 16.6. The number of alkyl carbamates (subject to hydrolysis) is 1. The molecule has 15 atom stereocenters. The number of H-pyrrole nitrogens is 1. The molecular weight excluding hydrogens is 1710 g/mol. The summed E-state index contributed by atoms with van der Waals surface area (Å²) in [4.78, 5) is 118. The van der Waals surface area contributed by atoms with Crippen LogP contribution in [0.1, 0.15) is 149 Å². The lowest BCUT2D eigenvalue weighted by molar-refractivity contribution is -0.265. The number of Topliss-reactive ketones (excluding diaryl/α,β-unsaturated/α-hetero) is 3. The number of methoxy groups -OCH3 is 3. The fourth-order valence-electron chi connectivity index (χ4n) is 17.5. The van der Waals surface area contributed by atoms with Gasteiger partial charge in [0.05, 0.1) is 169 Å². The van der Waals surface area contributed by atoms with Gasteiger partial charge in [-0.1, -0.05) is 89.3 Å². The number of hydrogen-bond donors (Lipinski definition) is 5. The number of benzene rings is 1. The summed E-state index contributed by atoms with van der Waals surface area (Å²) < 4.78 is 94.1. The number of aromatic amines is 1. The van der Waals surface area contributed by atoms with Crippen molar-refractivity contribution in [2.24, 2.45) is 35.5 Å². The Morgan fingerprint density at radius 2 is 1.34 bits per heavy atom. The van der Waals surface area contributed by atoms with E-state index in [1.807, 2.05) is 79.1 Å². The number of nitrogens with two attached hydrogens (primary N) is 1. The van der Waals surface area contributed by atoms with Gasteiger partial charge >= 0.3 is 12.1 Å². The molecule has 1 saturated carbocycles. The molecule has 1 aliphatic carbocycles. The summed E-state index contributed by atoms with van der Waals surface area (Å²) in [5.41, 5.74) is 13.9. The Morgan fingerprint density at radius 3 is 1.98 bits per heavy atom. The van der Waals surface area contributed by atoms with Crippen molar-refractivity contribution in [1.82, 2.24) is 44.8 Å². The second-order valence-corrected chi connectivity index (χ2v) is 35.0. The van der Waals surface area contributed by atoms with Gasteiger partial charge in [0.2, 0.25) is 11.7 Å². The van der Waals surface area contributed by atoms with Crippen molar-refractivity contribution in [2.45, 2.75) is 206 Å². The molecule has 4 aliphatic heterocycles. The minimum Gasteiger partial charge on any atom is -0.460 e. The first-order valence-electron chi connectivity index (χ1n) is 46.9. The summed E-state index contributed by atoms with van der Waals surface area (Å²) in [5.74, 6) is -8.25. The number of nitrogens with one attached hydrogen (secondary N) is 2. The standard InChI is InChI=1S/C97H142N10O25/c1-64-16-12-11-13-17-65(2)81(117-8)58-77-23-19-70(7)97(116,132-77)90(112)94(113)106-30-15-14-18-78(106)95(114)130-82(59-79(108)66(3)53-69(6)88(111)89(119-10)87(110)68(5)52-64)67(4)54-71-21-24-80(83(56-71)118-9)131-96(115)100-29-33-121-35-37-123-39-41-125-43-45-127-47-49-129-51-50-128-48-46-126-44-42-124-40-38-122-36-34-120-32-27-84(109)105-31-26-73-55-72(20-22-75(73)62-105)61-107-93-85(91(98)102-63-103-93)86(104-107)76-57-74-25-28-99-92(74)101-60-76/h11-13,16-17,20,22,25,28,53,55,57,60,63-64,66-68,70-71,77-78,80-83,88-89,111,116H,14-15,18-19,21,23-24,26-27,29-52,54,56,58-59,61-62H2,1-10H3,(H,99,101)(H,100,115)(H2,98,102,103)/b13-11+,16-12+,65-17+,69-53+/t64-,66-,67-,68-,70-,71+,77+,78+,80-,81+,82+,83-,88-,89+,97-/m1/s1. The maximum Gasteiger partial charge on any atom is 0.407 e. The molecule has 132 heavy (non-hydrogen) atoms. The van der Waals surface area contributed by atoms with Gasteiger partial charge in [-0.2, -0.15) is 5.10 Å². The number of pyridine rings is 1. The molecule has 35 nitrogen and oxygen atoms in total. The molecule has 10 rings (SSSR count). The zero-order valence-corrected chi connectivity index (χ0v) is 78.7. The van der Waals surface area contributed by atoms with Crippen molar-refractivity contribution in [1.29, 1.82) is 0 Å². The lowest BCUT2D eigenvalue weighted by Crippen LogP contribution is -2.61. The number of aliphatic hydroxyl groups excluding tert-OH is 1. The van der Waals surface area contributed by atoms with Crippen LogP contribution in [0.15, 0.2) is 96.7 Å². The van der Waals surface area contributed by atoms with E-state index in [0.717, 1.165) is 39.7 Å². The van der Waals surface area contributed by atoms with E-state index in [0.29, 0.717) is 237 Å². The van der Waals surface area contributed by atoms with Crippen molar-refractivity contribution >= 4 is 69.1 Å². The quantitative estimate of drug-likeness (QED) is 0.0105. The number of anilines is 1. The number of carbonyl (C=O) groups is 7. The Balaban J connectivity index is 0.523. The zero-order chi connectivity index (χ0) is 94.3. The van der Waals surface area contributed by atoms with Crippen molar-refractivity contribution in [3.8, 4) is 11.3 Å². The number of esters is 1. The number of allylic oxidation sites excluding steroid dienone is 6. The molecule has 3 fully saturated rings. The maximum atomic E-state index is 14.8. The number of ether oxygens (including phenoxy) is 16. The van der Waals surface area contributed by atoms with Crippen LogP contribution in [0.25, 0.3) is 33.3 Å². The largest absolute Gasteiger partial charge is 0.460 e. The molecule has 4 aromatic heterocycles. The van der Waals surface area contributed by atoms with Crippen LogP contribution < -0.4 is 11.1 Å². The number of nitrogen functional groups attached to an aromatic ring is 1. The molecule has 0 spiro atoms. The molecule has 0 radical (unpaired) electrons. The van der Waals surface area contributed by atoms with Gasteiger partial charge in [0, 0.05) is 101 Å². The molecule has 5 aliphatic rings. The number of rotatable bonds is 43. The molecule has 6 N–H and O–H groups in total. The monoisotopic (exact) mass is 1850 g/mol. The lowest BCUT2D eigenvalue weighted by atomic mass is 9.78. The summed E-state index contributed by atoms with van der Waals surface area (Å²) in [5, 5.41) is 33.1. The normalized spacial score (nSPS) is 26.4. The van der Waals surface area contributed by atoms with E-state index in [2.05, 4.69) is 43.5 Å². The first-order chi connectivity index (χ1) is 63.9. The highest BCUT2D eigenvalue weighted by Gasteiger charge is 2.53. The van der Waals surface area contributed by atoms with Crippen LogP contribution in [0.3, 0.4) is 0 Å². The predicted octanol–water partition coefficient (Wildman–Crippen LogP) is 9.37. The number of amides is 3.